The molecule has 0 saturated carbocycles. The van der Waals surface area contributed by atoms with Gasteiger partial charge in [0.05, 0.1) is 29.2 Å². The third kappa shape index (κ3) is 3.13. The van der Waals surface area contributed by atoms with Crippen molar-refractivity contribution in [3.8, 4) is 11.3 Å². The molecule has 26 heavy (non-hydrogen) atoms. The number of amides is 1. The van der Waals surface area contributed by atoms with Gasteiger partial charge in [0, 0.05) is 22.7 Å². The number of para-hydroxylation sites is 1. The van der Waals surface area contributed by atoms with Gasteiger partial charge in [-0.3, -0.25) is 9.89 Å². The number of nitrogens with one attached hydrogen (secondary N) is 3. The number of carbonyl (C=O) groups excluding carboxylic acids is 1. The first-order valence-corrected chi connectivity index (χ1v) is 8.01. The lowest BCUT2D eigenvalue weighted by Gasteiger charge is -2.20. The quantitative estimate of drug-likeness (QED) is 0.503. The second kappa shape index (κ2) is 6.42. The molecule has 3 heterocycles. The number of hydrogen-bond acceptors (Lipinski definition) is 4. The van der Waals surface area contributed by atoms with Crippen LogP contribution < -0.4 is 5.32 Å². The fourth-order valence-electron chi connectivity index (χ4n) is 2.78. The molecule has 0 unspecified atom stereocenters. The van der Waals surface area contributed by atoms with Gasteiger partial charge in [-0.25, -0.2) is 9.97 Å². The van der Waals surface area contributed by atoms with Crippen molar-refractivity contribution in [3.63, 3.8) is 0 Å². The molecule has 0 atom stereocenters. The third-order valence-electron chi connectivity index (χ3n) is 3.87. The van der Waals surface area contributed by atoms with Crippen LogP contribution in [-0.4, -0.2) is 36.6 Å². The molecule has 0 bridgehead atoms. The number of carbonyl (C=O) groups is 1. The zero-order valence-electron chi connectivity index (χ0n) is 14.6. The highest BCUT2D eigenvalue weighted by Crippen LogP contribution is 2.27. The van der Waals surface area contributed by atoms with Gasteiger partial charge in [0.15, 0.2) is 5.65 Å². The van der Waals surface area contributed by atoms with E-state index in [9.17, 15) is 4.79 Å². The van der Waals surface area contributed by atoms with Gasteiger partial charge < -0.3 is 10.3 Å². The molecule has 0 saturated heterocycles. The summed E-state index contributed by atoms with van der Waals surface area (Å²) in [6.07, 6.45) is 5.11. The van der Waals surface area contributed by atoms with E-state index < -0.39 is 0 Å². The minimum atomic E-state index is -0.326. The number of fused-ring (bicyclic) bond motifs is 2. The van der Waals surface area contributed by atoms with Crippen LogP contribution in [-0.2, 0) is 0 Å². The smallest absolute Gasteiger partial charge is 0.255 e. The van der Waals surface area contributed by atoms with Gasteiger partial charge in [-0.15, -0.1) is 12.4 Å². The topological polar surface area (TPSA) is 99.4 Å². The van der Waals surface area contributed by atoms with Crippen molar-refractivity contribution >= 4 is 40.4 Å². The lowest BCUT2D eigenvalue weighted by molar-refractivity contribution is 0.0921. The summed E-state index contributed by atoms with van der Waals surface area (Å²) >= 11 is 0. The van der Waals surface area contributed by atoms with Gasteiger partial charge in [0.25, 0.3) is 5.91 Å². The van der Waals surface area contributed by atoms with E-state index in [-0.39, 0.29) is 23.9 Å². The van der Waals surface area contributed by atoms with Gasteiger partial charge >= 0.3 is 0 Å². The van der Waals surface area contributed by atoms with Crippen LogP contribution in [0.25, 0.3) is 33.3 Å². The van der Waals surface area contributed by atoms with E-state index in [1.807, 2.05) is 39.0 Å². The van der Waals surface area contributed by atoms with Crippen LogP contribution in [0, 0.1) is 0 Å². The molecular weight excluding hydrogens is 352 g/mol. The minimum Gasteiger partial charge on any atom is -0.347 e. The highest BCUT2D eigenvalue weighted by molar-refractivity contribution is 6.05. The molecule has 0 aliphatic heterocycles. The highest BCUT2D eigenvalue weighted by Gasteiger charge is 2.20. The fraction of sp³-hybridized carbons (Fsp3) is 0.222. The SMILES string of the molecule is CC(C)(C)NC(=O)c1c[nH]c2ncc(-c3cccc4cn[nH]c34)nc12.Cl. The summed E-state index contributed by atoms with van der Waals surface area (Å²) in [6.45, 7) is 5.82. The summed E-state index contributed by atoms with van der Waals surface area (Å²) < 4.78 is 0. The van der Waals surface area contributed by atoms with Crippen molar-refractivity contribution in [2.75, 3.05) is 0 Å². The van der Waals surface area contributed by atoms with Crippen molar-refractivity contribution in [2.45, 2.75) is 26.3 Å². The molecule has 1 aromatic carbocycles. The third-order valence-corrected chi connectivity index (χ3v) is 3.87. The Balaban J connectivity index is 0.00000196. The average molecular weight is 371 g/mol. The first-order valence-electron chi connectivity index (χ1n) is 8.01. The molecule has 7 nitrogen and oxygen atoms in total. The maximum absolute atomic E-state index is 12.5. The van der Waals surface area contributed by atoms with E-state index in [4.69, 9.17) is 0 Å². The molecule has 4 rings (SSSR count). The Morgan fingerprint density at radius 3 is 2.77 bits per heavy atom. The molecule has 134 valence electrons. The van der Waals surface area contributed by atoms with E-state index in [2.05, 4.69) is 30.5 Å². The van der Waals surface area contributed by atoms with Crippen LogP contribution in [0.1, 0.15) is 31.1 Å². The van der Waals surface area contributed by atoms with Crippen LogP contribution in [0.2, 0.25) is 0 Å². The zero-order valence-corrected chi connectivity index (χ0v) is 15.4. The molecular formula is C18H19ClN6O. The molecule has 0 aliphatic rings. The van der Waals surface area contributed by atoms with Crippen molar-refractivity contribution in [1.29, 1.82) is 0 Å². The molecule has 0 spiro atoms. The van der Waals surface area contributed by atoms with E-state index >= 15 is 0 Å². The Kier molecular flexibility index (Phi) is 4.41. The normalized spacial score (nSPS) is 11.5. The summed E-state index contributed by atoms with van der Waals surface area (Å²) in [5, 5.41) is 11.0. The molecule has 8 heteroatoms. The standard InChI is InChI=1S/C18H18N6O.ClH/c1-18(2,3)23-17(25)12-8-19-16-15(12)22-13(9-20-16)11-6-4-5-10-7-21-24-14(10)11;/h4-9H,1-3H3,(H,19,20)(H,21,24)(H,23,25);1H. The maximum Gasteiger partial charge on any atom is 0.255 e. The van der Waals surface area contributed by atoms with E-state index in [1.54, 1.807) is 18.6 Å². The van der Waals surface area contributed by atoms with Crippen LogP contribution in [0.3, 0.4) is 0 Å². The van der Waals surface area contributed by atoms with Gasteiger partial charge in [0.1, 0.15) is 5.52 Å². The molecule has 0 radical (unpaired) electrons. The molecule has 0 fully saturated rings. The van der Waals surface area contributed by atoms with Gasteiger partial charge in [-0.2, -0.15) is 5.10 Å². The van der Waals surface area contributed by atoms with Gasteiger partial charge in [-0.05, 0) is 20.8 Å². The van der Waals surface area contributed by atoms with Crippen molar-refractivity contribution < 1.29 is 4.79 Å². The van der Waals surface area contributed by atoms with Crippen LogP contribution >= 0.6 is 12.4 Å². The summed E-state index contributed by atoms with van der Waals surface area (Å²) in [4.78, 5) is 24.7. The molecule has 4 aromatic rings. The monoisotopic (exact) mass is 370 g/mol. The van der Waals surface area contributed by atoms with E-state index in [0.717, 1.165) is 16.5 Å². The Bertz CT molecular complexity index is 1090. The Morgan fingerprint density at radius 2 is 2.00 bits per heavy atom. The van der Waals surface area contributed by atoms with Crippen molar-refractivity contribution in [2.24, 2.45) is 0 Å². The summed E-state index contributed by atoms with van der Waals surface area (Å²) in [5.41, 5.74) is 3.77. The van der Waals surface area contributed by atoms with Crippen LogP contribution in [0.15, 0.2) is 36.8 Å². The Labute approximate surface area is 156 Å². The molecule has 1 amide bonds. The molecule has 3 aromatic heterocycles. The molecule has 0 aliphatic carbocycles. The second-order valence-electron chi connectivity index (χ2n) is 7.00. The number of nitrogens with zero attached hydrogens (tertiary/aromatic N) is 3. The van der Waals surface area contributed by atoms with Crippen LogP contribution in [0.5, 0.6) is 0 Å². The highest BCUT2D eigenvalue weighted by atomic mass is 35.5. The number of rotatable bonds is 2. The molecule has 3 N–H and O–H groups in total. The van der Waals surface area contributed by atoms with Crippen molar-refractivity contribution in [3.05, 3.63) is 42.4 Å². The largest absolute Gasteiger partial charge is 0.347 e. The van der Waals surface area contributed by atoms with Gasteiger partial charge in [0.2, 0.25) is 0 Å². The van der Waals surface area contributed by atoms with Crippen molar-refractivity contribution in [1.82, 2.24) is 30.5 Å². The second-order valence-corrected chi connectivity index (χ2v) is 7.00. The zero-order chi connectivity index (χ0) is 17.6. The maximum atomic E-state index is 12.5. The first-order chi connectivity index (χ1) is 11.9. The number of H-pyrrole nitrogens is 2. The summed E-state index contributed by atoms with van der Waals surface area (Å²) in [5.74, 6) is -0.176. The predicted molar refractivity (Wildman–Crippen MR) is 103 cm³/mol. The number of hydrogen-bond donors (Lipinski definition) is 3. The predicted octanol–water partition coefficient (Wildman–Crippen LogP) is 3.45. The number of aromatic nitrogens is 5. The summed E-state index contributed by atoms with van der Waals surface area (Å²) in [7, 11) is 0. The number of halogens is 1. The summed E-state index contributed by atoms with van der Waals surface area (Å²) in [6, 6.07) is 5.88. The Morgan fingerprint density at radius 1 is 1.19 bits per heavy atom. The van der Waals surface area contributed by atoms with E-state index in [0.29, 0.717) is 22.4 Å². The van der Waals surface area contributed by atoms with E-state index in [1.165, 1.54) is 0 Å². The van der Waals surface area contributed by atoms with Gasteiger partial charge in [-0.1, -0.05) is 18.2 Å². The minimum absolute atomic E-state index is 0. The first kappa shape index (κ1) is 17.9. The number of aromatic amines is 2. The Hall–Kier alpha value is -2.93. The lowest BCUT2D eigenvalue weighted by atomic mass is 10.1. The number of benzene rings is 1. The average Bonchev–Trinajstić information content (AvgIpc) is 3.18. The fourth-order valence-corrected chi connectivity index (χ4v) is 2.78. The van der Waals surface area contributed by atoms with Crippen LogP contribution in [0.4, 0.5) is 0 Å². The lowest BCUT2D eigenvalue weighted by Crippen LogP contribution is -2.40.